The van der Waals surface area contributed by atoms with Gasteiger partial charge in [0.05, 0.1) is 5.75 Å². The number of hydrogen-bond donors (Lipinski definition) is 1. The Hall–Kier alpha value is -0.180. The fourth-order valence-electron chi connectivity index (χ4n) is 1.22. The van der Waals surface area contributed by atoms with E-state index in [4.69, 9.17) is 0 Å². The van der Waals surface area contributed by atoms with Crippen molar-refractivity contribution in [3.8, 4) is 0 Å². The van der Waals surface area contributed by atoms with E-state index in [2.05, 4.69) is 19.2 Å². The van der Waals surface area contributed by atoms with Gasteiger partial charge in [-0.15, -0.1) is 0 Å². The van der Waals surface area contributed by atoms with Crippen molar-refractivity contribution in [2.75, 3.05) is 12.0 Å². The highest BCUT2D eigenvalue weighted by molar-refractivity contribution is 7.99. The third-order valence-electron chi connectivity index (χ3n) is 1.92. The molecule has 1 atom stereocenters. The fourth-order valence-corrected chi connectivity index (χ4v) is 1.57. The Kier molecular flexibility index (Phi) is 8.30. The Morgan fingerprint density at radius 2 is 2.15 bits per heavy atom. The second-order valence-corrected chi connectivity index (χ2v) is 4.26. The highest BCUT2D eigenvalue weighted by Crippen LogP contribution is 2.03. The van der Waals surface area contributed by atoms with Crippen LogP contribution in [0.2, 0.25) is 0 Å². The lowest BCUT2D eigenvalue weighted by Crippen LogP contribution is -2.33. The highest BCUT2D eigenvalue weighted by Gasteiger charge is 2.05. The standard InChI is InChI=1S/C10H21NOS/c1-4-5-6-7-9(2)11-10(12)8-13-3/h9H,4-8H2,1-3H3,(H,11,12). The molecule has 0 rings (SSSR count). The zero-order valence-corrected chi connectivity index (χ0v) is 9.75. The van der Waals surface area contributed by atoms with Crippen LogP contribution in [0.15, 0.2) is 0 Å². The molecule has 13 heavy (non-hydrogen) atoms. The van der Waals surface area contributed by atoms with E-state index >= 15 is 0 Å². The van der Waals surface area contributed by atoms with E-state index < -0.39 is 0 Å². The number of hydrogen-bond acceptors (Lipinski definition) is 2. The molecule has 0 spiro atoms. The first-order valence-corrected chi connectivity index (χ1v) is 6.38. The molecule has 0 aliphatic rings. The molecular weight excluding hydrogens is 182 g/mol. The summed E-state index contributed by atoms with van der Waals surface area (Å²) in [5, 5.41) is 2.98. The van der Waals surface area contributed by atoms with Crippen molar-refractivity contribution in [2.24, 2.45) is 0 Å². The summed E-state index contributed by atoms with van der Waals surface area (Å²) in [5.41, 5.74) is 0. The number of rotatable bonds is 7. The number of unbranched alkanes of at least 4 members (excludes halogenated alkanes) is 2. The molecule has 0 bridgehead atoms. The summed E-state index contributed by atoms with van der Waals surface area (Å²) in [6.07, 6.45) is 6.78. The Morgan fingerprint density at radius 1 is 1.46 bits per heavy atom. The molecule has 0 aromatic rings. The summed E-state index contributed by atoms with van der Waals surface area (Å²) < 4.78 is 0. The second-order valence-electron chi connectivity index (χ2n) is 3.40. The Balaban J connectivity index is 3.38. The lowest BCUT2D eigenvalue weighted by molar-refractivity contribution is -0.119. The first kappa shape index (κ1) is 12.8. The fraction of sp³-hybridized carbons (Fsp3) is 0.900. The van der Waals surface area contributed by atoms with Gasteiger partial charge in [0.1, 0.15) is 0 Å². The summed E-state index contributed by atoms with van der Waals surface area (Å²) in [5.74, 6) is 0.745. The van der Waals surface area contributed by atoms with Crippen molar-refractivity contribution in [1.82, 2.24) is 5.32 Å². The van der Waals surface area contributed by atoms with Crippen molar-refractivity contribution in [2.45, 2.75) is 45.6 Å². The van der Waals surface area contributed by atoms with Gasteiger partial charge < -0.3 is 5.32 Å². The molecule has 0 saturated heterocycles. The number of nitrogens with one attached hydrogen (secondary N) is 1. The van der Waals surface area contributed by atoms with E-state index in [1.165, 1.54) is 19.3 Å². The van der Waals surface area contributed by atoms with Crippen molar-refractivity contribution in [3.05, 3.63) is 0 Å². The number of thioether (sulfide) groups is 1. The minimum atomic E-state index is 0.163. The first-order valence-electron chi connectivity index (χ1n) is 4.99. The van der Waals surface area contributed by atoms with Gasteiger partial charge in [0.15, 0.2) is 0 Å². The quantitative estimate of drug-likeness (QED) is 0.644. The number of carbonyl (C=O) groups excluding carboxylic acids is 1. The Morgan fingerprint density at radius 3 is 2.69 bits per heavy atom. The van der Waals surface area contributed by atoms with Crippen molar-refractivity contribution < 1.29 is 4.79 Å². The maximum atomic E-state index is 11.2. The van der Waals surface area contributed by atoms with Crippen LogP contribution in [0.3, 0.4) is 0 Å². The summed E-state index contributed by atoms with van der Waals surface area (Å²) in [6, 6.07) is 0.339. The molecular formula is C10H21NOS. The molecule has 0 fully saturated rings. The Labute approximate surface area is 85.9 Å². The summed E-state index contributed by atoms with van der Waals surface area (Å²) >= 11 is 1.57. The molecule has 2 nitrogen and oxygen atoms in total. The van der Waals surface area contributed by atoms with Crippen LogP contribution in [0, 0.1) is 0 Å². The van der Waals surface area contributed by atoms with Crippen LogP contribution in [0.25, 0.3) is 0 Å². The van der Waals surface area contributed by atoms with E-state index in [9.17, 15) is 4.79 Å². The minimum absolute atomic E-state index is 0.163. The van der Waals surface area contributed by atoms with Crippen LogP contribution in [-0.4, -0.2) is 24.0 Å². The smallest absolute Gasteiger partial charge is 0.230 e. The van der Waals surface area contributed by atoms with Gasteiger partial charge in [0, 0.05) is 6.04 Å². The van der Waals surface area contributed by atoms with Gasteiger partial charge in [-0.25, -0.2) is 0 Å². The van der Waals surface area contributed by atoms with Gasteiger partial charge in [0.2, 0.25) is 5.91 Å². The number of amides is 1. The summed E-state index contributed by atoms with van der Waals surface area (Å²) in [4.78, 5) is 11.2. The highest BCUT2D eigenvalue weighted by atomic mass is 32.2. The van der Waals surface area contributed by atoms with Gasteiger partial charge in [-0.3, -0.25) is 4.79 Å². The van der Waals surface area contributed by atoms with Crippen LogP contribution in [-0.2, 0) is 4.79 Å². The minimum Gasteiger partial charge on any atom is -0.353 e. The first-order chi connectivity index (χ1) is 6.20. The summed E-state index contributed by atoms with van der Waals surface area (Å²) in [6.45, 7) is 4.27. The molecule has 1 unspecified atom stereocenters. The maximum absolute atomic E-state index is 11.2. The van der Waals surface area contributed by atoms with E-state index in [1.54, 1.807) is 11.8 Å². The van der Waals surface area contributed by atoms with Crippen molar-refractivity contribution in [1.29, 1.82) is 0 Å². The average molecular weight is 203 g/mol. The van der Waals surface area contributed by atoms with Gasteiger partial charge in [-0.1, -0.05) is 26.2 Å². The zero-order chi connectivity index (χ0) is 10.1. The lowest BCUT2D eigenvalue weighted by Gasteiger charge is -2.12. The van der Waals surface area contributed by atoms with Crippen LogP contribution in [0.1, 0.15) is 39.5 Å². The molecule has 0 aliphatic heterocycles. The normalized spacial score (nSPS) is 12.5. The molecule has 0 heterocycles. The Bertz CT molecular complexity index is 139. The van der Waals surface area contributed by atoms with Crippen molar-refractivity contribution >= 4 is 17.7 Å². The van der Waals surface area contributed by atoms with Gasteiger partial charge in [-0.05, 0) is 19.6 Å². The molecule has 0 aromatic carbocycles. The van der Waals surface area contributed by atoms with E-state index in [0.717, 1.165) is 6.42 Å². The van der Waals surface area contributed by atoms with Gasteiger partial charge >= 0.3 is 0 Å². The average Bonchev–Trinajstić information content (AvgIpc) is 2.05. The monoisotopic (exact) mass is 203 g/mol. The van der Waals surface area contributed by atoms with E-state index in [-0.39, 0.29) is 5.91 Å². The maximum Gasteiger partial charge on any atom is 0.230 e. The van der Waals surface area contributed by atoms with Crippen LogP contribution in [0.4, 0.5) is 0 Å². The molecule has 78 valence electrons. The zero-order valence-electron chi connectivity index (χ0n) is 8.93. The van der Waals surface area contributed by atoms with Crippen molar-refractivity contribution in [3.63, 3.8) is 0 Å². The molecule has 1 amide bonds. The molecule has 0 aromatic heterocycles. The third-order valence-corrected chi connectivity index (χ3v) is 2.47. The van der Waals surface area contributed by atoms with Crippen LogP contribution >= 0.6 is 11.8 Å². The van der Waals surface area contributed by atoms with E-state index in [0.29, 0.717) is 11.8 Å². The largest absolute Gasteiger partial charge is 0.353 e. The lowest BCUT2D eigenvalue weighted by atomic mass is 10.1. The second kappa shape index (κ2) is 8.42. The van der Waals surface area contributed by atoms with Gasteiger partial charge in [0.25, 0.3) is 0 Å². The molecule has 0 radical (unpaired) electrons. The number of carbonyl (C=O) groups is 1. The van der Waals surface area contributed by atoms with E-state index in [1.807, 2.05) is 6.26 Å². The SMILES string of the molecule is CCCCCC(C)NC(=O)CSC. The third kappa shape index (κ3) is 8.16. The van der Waals surface area contributed by atoms with Crippen LogP contribution < -0.4 is 5.32 Å². The van der Waals surface area contributed by atoms with Crippen LogP contribution in [0.5, 0.6) is 0 Å². The predicted molar refractivity (Wildman–Crippen MR) is 60.1 cm³/mol. The summed E-state index contributed by atoms with van der Waals surface area (Å²) in [7, 11) is 0. The molecule has 1 N–H and O–H groups in total. The topological polar surface area (TPSA) is 29.1 Å². The molecule has 0 aliphatic carbocycles. The van der Waals surface area contributed by atoms with Gasteiger partial charge in [-0.2, -0.15) is 11.8 Å². The predicted octanol–water partition coefficient (Wildman–Crippen LogP) is 2.43. The molecule has 3 heteroatoms. The molecule has 0 saturated carbocycles.